The van der Waals surface area contributed by atoms with Gasteiger partial charge in [-0.15, -0.1) is 0 Å². The fraction of sp³-hybridized carbons (Fsp3) is 0.320. The Morgan fingerprint density at radius 1 is 1.22 bits per heavy atom. The van der Waals surface area contributed by atoms with E-state index in [-0.39, 0.29) is 16.2 Å². The molecule has 2 aliphatic rings. The van der Waals surface area contributed by atoms with E-state index in [9.17, 15) is 9.59 Å². The van der Waals surface area contributed by atoms with Crippen LogP contribution in [0, 0.1) is 6.92 Å². The Balaban J connectivity index is 1.78. The van der Waals surface area contributed by atoms with Crippen LogP contribution in [0.3, 0.4) is 0 Å². The largest absolute Gasteiger partial charge is 0.369 e. The predicted octanol–water partition coefficient (Wildman–Crippen LogP) is 5.20. The second-order valence-electron chi connectivity index (χ2n) is 9.21. The summed E-state index contributed by atoms with van der Waals surface area (Å²) in [6, 6.07) is 11.3. The molecule has 0 bridgehead atoms. The van der Waals surface area contributed by atoms with E-state index in [4.69, 9.17) is 23.8 Å². The van der Waals surface area contributed by atoms with E-state index in [2.05, 4.69) is 38.0 Å². The third-order valence-corrected chi connectivity index (χ3v) is 7.03. The minimum absolute atomic E-state index is 0.000830. The maximum atomic E-state index is 13.3. The van der Waals surface area contributed by atoms with Crippen LogP contribution < -0.4 is 15.1 Å². The van der Waals surface area contributed by atoms with Gasteiger partial charge in [-0.3, -0.25) is 19.8 Å². The minimum atomic E-state index is -0.524. The molecule has 2 aromatic rings. The van der Waals surface area contributed by atoms with Gasteiger partial charge in [0.25, 0.3) is 11.8 Å². The van der Waals surface area contributed by atoms with E-state index in [0.29, 0.717) is 22.2 Å². The van der Waals surface area contributed by atoms with E-state index >= 15 is 0 Å². The number of nitrogens with zero attached hydrogens (tertiary/aromatic N) is 2. The van der Waals surface area contributed by atoms with E-state index in [1.54, 1.807) is 12.1 Å². The molecule has 0 spiro atoms. The van der Waals surface area contributed by atoms with Crippen LogP contribution in [0.4, 0.5) is 11.4 Å². The fourth-order valence-corrected chi connectivity index (χ4v) is 5.02. The zero-order valence-electron chi connectivity index (χ0n) is 18.8. The first-order chi connectivity index (χ1) is 15.0. The molecular formula is C25H26ClN3O2S. The van der Waals surface area contributed by atoms with Crippen molar-refractivity contribution < 1.29 is 9.59 Å². The molecule has 0 unspecified atom stereocenters. The van der Waals surface area contributed by atoms with Crippen molar-refractivity contribution >= 4 is 58.2 Å². The van der Waals surface area contributed by atoms with Gasteiger partial charge in [0.15, 0.2) is 5.11 Å². The second kappa shape index (κ2) is 8.01. The maximum Gasteiger partial charge on any atom is 0.270 e. The summed E-state index contributed by atoms with van der Waals surface area (Å²) < 4.78 is 0. The zero-order valence-corrected chi connectivity index (χ0v) is 20.4. The number of amides is 2. The SMILES string of the molecule is Cc1cccc(N2C(=O)/C(=C/c3cc4c(cc3Cl)N(C)C(C)(C)C[C@H]4C)C(=O)NC2=S)c1. The number of fused-ring (bicyclic) bond motifs is 1. The van der Waals surface area contributed by atoms with Crippen molar-refractivity contribution in [2.24, 2.45) is 0 Å². The Kier molecular flexibility index (Phi) is 5.63. The summed E-state index contributed by atoms with van der Waals surface area (Å²) in [5.41, 5.74) is 4.47. The van der Waals surface area contributed by atoms with Gasteiger partial charge in [0.05, 0.1) is 5.69 Å². The zero-order chi connectivity index (χ0) is 23.4. The van der Waals surface area contributed by atoms with Gasteiger partial charge in [0, 0.05) is 23.3 Å². The van der Waals surface area contributed by atoms with Crippen molar-refractivity contribution in [3.63, 3.8) is 0 Å². The number of benzene rings is 2. The lowest BCUT2D eigenvalue weighted by Gasteiger charge is -2.45. The second-order valence-corrected chi connectivity index (χ2v) is 10.00. The summed E-state index contributed by atoms with van der Waals surface area (Å²) >= 11 is 11.9. The van der Waals surface area contributed by atoms with Crippen LogP contribution in [0.15, 0.2) is 42.0 Å². The van der Waals surface area contributed by atoms with Crippen molar-refractivity contribution in [3.05, 3.63) is 63.7 Å². The topological polar surface area (TPSA) is 52.7 Å². The third-order valence-electron chi connectivity index (χ3n) is 6.41. The molecule has 32 heavy (non-hydrogen) atoms. The van der Waals surface area contributed by atoms with Crippen LogP contribution in [0.25, 0.3) is 6.08 Å². The van der Waals surface area contributed by atoms with Gasteiger partial charge in [-0.1, -0.05) is 30.7 Å². The lowest BCUT2D eigenvalue weighted by atomic mass is 9.80. The number of hydrogen-bond donors (Lipinski definition) is 1. The van der Waals surface area contributed by atoms with Gasteiger partial charge in [0.2, 0.25) is 0 Å². The smallest absolute Gasteiger partial charge is 0.270 e. The Hall–Kier alpha value is -2.70. The van der Waals surface area contributed by atoms with Crippen LogP contribution in [0.5, 0.6) is 0 Å². The van der Waals surface area contributed by atoms with Gasteiger partial charge in [-0.05, 0) is 92.4 Å². The molecule has 2 heterocycles. The van der Waals surface area contributed by atoms with E-state index < -0.39 is 11.8 Å². The Morgan fingerprint density at radius 3 is 2.62 bits per heavy atom. The quantitative estimate of drug-likeness (QED) is 0.374. The molecule has 4 rings (SSSR count). The normalized spacial score (nSPS) is 21.6. The highest BCUT2D eigenvalue weighted by atomic mass is 35.5. The first kappa shape index (κ1) is 22.5. The standard InChI is InChI=1S/C25H26ClN3O2S/c1-14-7-6-8-17(9-14)29-23(31)19(22(30)27-24(29)32)11-16-10-18-15(2)13-25(3,4)28(5)21(18)12-20(16)26/h6-12,15H,13H2,1-5H3,(H,27,30,32)/b19-11+/t15-/m1/s1. The highest BCUT2D eigenvalue weighted by Gasteiger charge is 2.36. The van der Waals surface area contributed by atoms with Crippen molar-refractivity contribution in [2.75, 3.05) is 16.8 Å². The molecule has 1 N–H and O–H groups in total. The third kappa shape index (κ3) is 3.82. The van der Waals surface area contributed by atoms with E-state index in [1.165, 1.54) is 4.90 Å². The molecule has 5 nitrogen and oxygen atoms in total. The van der Waals surface area contributed by atoms with Crippen LogP contribution in [0.1, 0.15) is 49.8 Å². The van der Waals surface area contributed by atoms with Gasteiger partial charge >= 0.3 is 0 Å². The van der Waals surface area contributed by atoms with Gasteiger partial charge in [0.1, 0.15) is 5.57 Å². The molecule has 2 amide bonds. The van der Waals surface area contributed by atoms with Crippen molar-refractivity contribution in [1.29, 1.82) is 0 Å². The molecular weight excluding hydrogens is 442 g/mol. The van der Waals surface area contributed by atoms with Gasteiger partial charge in [-0.2, -0.15) is 0 Å². The molecule has 7 heteroatoms. The lowest BCUT2D eigenvalue weighted by molar-refractivity contribution is -0.122. The first-order valence-corrected chi connectivity index (χ1v) is 11.3. The molecule has 0 aliphatic carbocycles. The highest BCUT2D eigenvalue weighted by Crippen LogP contribution is 2.44. The minimum Gasteiger partial charge on any atom is -0.369 e. The average molecular weight is 468 g/mol. The lowest BCUT2D eigenvalue weighted by Crippen LogP contribution is -2.54. The highest BCUT2D eigenvalue weighted by molar-refractivity contribution is 7.80. The van der Waals surface area contributed by atoms with Crippen molar-refractivity contribution in [1.82, 2.24) is 5.32 Å². The molecule has 1 atom stereocenters. The van der Waals surface area contributed by atoms with Crippen molar-refractivity contribution in [3.8, 4) is 0 Å². The Bertz CT molecular complexity index is 1190. The van der Waals surface area contributed by atoms with Crippen molar-refractivity contribution in [2.45, 2.75) is 45.6 Å². The molecule has 0 aromatic heterocycles. The number of halogens is 1. The number of nitrogens with one attached hydrogen (secondary N) is 1. The summed E-state index contributed by atoms with van der Waals surface area (Å²) in [4.78, 5) is 29.6. The average Bonchev–Trinajstić information content (AvgIpc) is 2.69. The summed E-state index contributed by atoms with van der Waals surface area (Å²) in [7, 11) is 2.07. The number of aryl methyl sites for hydroxylation is 1. The number of carbonyl (C=O) groups excluding carboxylic acids is 2. The van der Waals surface area contributed by atoms with E-state index in [0.717, 1.165) is 23.2 Å². The molecule has 1 fully saturated rings. The van der Waals surface area contributed by atoms with Crippen LogP contribution in [0.2, 0.25) is 5.02 Å². The Labute approximate surface area is 199 Å². The predicted molar refractivity (Wildman–Crippen MR) is 134 cm³/mol. The number of anilines is 2. The molecule has 1 saturated heterocycles. The number of carbonyl (C=O) groups is 2. The summed E-state index contributed by atoms with van der Waals surface area (Å²) in [6.07, 6.45) is 2.56. The molecule has 0 saturated carbocycles. The molecule has 166 valence electrons. The molecule has 2 aliphatic heterocycles. The van der Waals surface area contributed by atoms with E-state index in [1.807, 2.05) is 37.3 Å². The van der Waals surface area contributed by atoms with Gasteiger partial charge in [-0.25, -0.2) is 0 Å². The van der Waals surface area contributed by atoms with Crippen LogP contribution >= 0.6 is 23.8 Å². The number of rotatable bonds is 2. The molecule has 0 radical (unpaired) electrons. The van der Waals surface area contributed by atoms with Crippen LogP contribution in [-0.4, -0.2) is 29.5 Å². The summed E-state index contributed by atoms with van der Waals surface area (Å²) in [5.74, 6) is -0.675. The molecule has 2 aromatic carbocycles. The summed E-state index contributed by atoms with van der Waals surface area (Å²) in [6.45, 7) is 8.55. The summed E-state index contributed by atoms with van der Waals surface area (Å²) in [5, 5.41) is 3.19. The van der Waals surface area contributed by atoms with Gasteiger partial charge < -0.3 is 4.90 Å². The number of hydrogen-bond acceptors (Lipinski definition) is 4. The number of thiocarbonyl (C=S) groups is 1. The fourth-order valence-electron chi connectivity index (χ4n) is 4.53. The monoisotopic (exact) mass is 467 g/mol. The first-order valence-electron chi connectivity index (χ1n) is 10.5. The maximum absolute atomic E-state index is 13.3. The Morgan fingerprint density at radius 2 is 1.94 bits per heavy atom. The van der Waals surface area contributed by atoms with Crippen LogP contribution in [-0.2, 0) is 9.59 Å².